The summed E-state index contributed by atoms with van der Waals surface area (Å²) >= 11 is 5.84. The molecule has 19 heavy (non-hydrogen) atoms. The van der Waals surface area contributed by atoms with Crippen LogP contribution in [-0.2, 0) is 0 Å². The Kier molecular flexibility index (Phi) is 4.27. The average molecular weight is 282 g/mol. The van der Waals surface area contributed by atoms with E-state index in [1.165, 1.54) is 12.1 Å². The van der Waals surface area contributed by atoms with E-state index in [-0.39, 0.29) is 11.9 Å². The Morgan fingerprint density at radius 1 is 1.26 bits per heavy atom. The van der Waals surface area contributed by atoms with Crippen LogP contribution in [0.2, 0.25) is 5.22 Å². The average Bonchev–Trinajstić information content (AvgIpc) is 2.73. The molecule has 0 fully saturated rings. The molecular weight excluding hydrogens is 265 g/mol. The maximum Gasteiger partial charge on any atom is 0.193 e. The molecule has 2 nitrogen and oxygen atoms in total. The van der Waals surface area contributed by atoms with E-state index < -0.39 is 0 Å². The largest absolute Gasteiger partial charge is 0.448 e. The van der Waals surface area contributed by atoms with Crippen molar-refractivity contribution in [1.82, 2.24) is 5.32 Å². The highest BCUT2D eigenvalue weighted by Gasteiger charge is 2.21. The summed E-state index contributed by atoms with van der Waals surface area (Å²) in [5.74, 6) is 0.524. The van der Waals surface area contributed by atoms with E-state index >= 15 is 0 Å². The molecule has 2 rings (SSSR count). The topological polar surface area (TPSA) is 25.2 Å². The lowest BCUT2D eigenvalue weighted by atomic mass is 9.94. The van der Waals surface area contributed by atoms with Crippen LogP contribution in [0.15, 0.2) is 28.7 Å². The molecule has 1 heterocycles. The third-order valence-electron chi connectivity index (χ3n) is 3.13. The SMILES string of the molecule is CCNC(c1ccc(Cl)o1)c1c(C)cc(F)cc1C. The fourth-order valence-corrected chi connectivity index (χ4v) is 2.56. The van der Waals surface area contributed by atoms with E-state index in [0.29, 0.717) is 5.22 Å². The van der Waals surface area contributed by atoms with Gasteiger partial charge >= 0.3 is 0 Å². The van der Waals surface area contributed by atoms with E-state index in [4.69, 9.17) is 16.0 Å². The first kappa shape index (κ1) is 14.1. The summed E-state index contributed by atoms with van der Waals surface area (Å²) in [5.41, 5.74) is 2.83. The van der Waals surface area contributed by atoms with Gasteiger partial charge in [-0.3, -0.25) is 0 Å². The fraction of sp³-hybridized carbons (Fsp3) is 0.333. The molecule has 0 aliphatic rings. The van der Waals surface area contributed by atoms with Crippen molar-refractivity contribution in [1.29, 1.82) is 0 Å². The second kappa shape index (κ2) is 5.76. The molecule has 0 spiro atoms. The predicted molar refractivity (Wildman–Crippen MR) is 75.1 cm³/mol. The molecule has 102 valence electrons. The van der Waals surface area contributed by atoms with Gasteiger partial charge in [-0.2, -0.15) is 0 Å². The number of halogens is 2. The number of furan rings is 1. The van der Waals surface area contributed by atoms with E-state index in [1.807, 2.05) is 26.8 Å². The van der Waals surface area contributed by atoms with Crippen molar-refractivity contribution >= 4 is 11.6 Å². The van der Waals surface area contributed by atoms with Gasteiger partial charge in [0.15, 0.2) is 5.22 Å². The maximum atomic E-state index is 13.4. The lowest BCUT2D eigenvalue weighted by Crippen LogP contribution is -2.23. The number of hydrogen-bond donors (Lipinski definition) is 1. The van der Waals surface area contributed by atoms with Gasteiger partial charge in [0.2, 0.25) is 0 Å². The number of nitrogens with one attached hydrogen (secondary N) is 1. The van der Waals surface area contributed by atoms with Crippen LogP contribution < -0.4 is 5.32 Å². The molecule has 0 amide bonds. The van der Waals surface area contributed by atoms with Crippen LogP contribution in [-0.4, -0.2) is 6.54 Å². The summed E-state index contributed by atoms with van der Waals surface area (Å²) in [7, 11) is 0. The summed E-state index contributed by atoms with van der Waals surface area (Å²) in [6, 6.07) is 6.53. The Hall–Kier alpha value is -1.32. The van der Waals surface area contributed by atoms with Crippen molar-refractivity contribution in [2.24, 2.45) is 0 Å². The molecule has 1 N–H and O–H groups in total. The van der Waals surface area contributed by atoms with Crippen molar-refractivity contribution in [3.63, 3.8) is 0 Å². The zero-order chi connectivity index (χ0) is 14.0. The number of benzene rings is 1. The summed E-state index contributed by atoms with van der Waals surface area (Å²) in [4.78, 5) is 0. The van der Waals surface area contributed by atoms with Gasteiger partial charge in [0.05, 0.1) is 6.04 Å². The smallest absolute Gasteiger partial charge is 0.193 e. The maximum absolute atomic E-state index is 13.4. The van der Waals surface area contributed by atoms with Crippen LogP contribution in [0.25, 0.3) is 0 Å². The van der Waals surface area contributed by atoms with E-state index in [1.54, 1.807) is 6.07 Å². The summed E-state index contributed by atoms with van der Waals surface area (Å²) in [6.07, 6.45) is 0. The minimum absolute atomic E-state index is 0.113. The quantitative estimate of drug-likeness (QED) is 0.899. The Morgan fingerprint density at radius 3 is 2.37 bits per heavy atom. The molecule has 1 atom stereocenters. The minimum Gasteiger partial charge on any atom is -0.448 e. The Labute approximate surface area is 117 Å². The molecule has 0 aliphatic heterocycles. The van der Waals surface area contributed by atoms with Gasteiger partial charge in [-0.1, -0.05) is 6.92 Å². The first-order valence-electron chi connectivity index (χ1n) is 6.28. The van der Waals surface area contributed by atoms with Crippen LogP contribution in [0.4, 0.5) is 4.39 Å². The molecule has 1 unspecified atom stereocenters. The number of rotatable bonds is 4. The molecule has 4 heteroatoms. The van der Waals surface area contributed by atoms with Gasteiger partial charge in [0, 0.05) is 0 Å². The summed E-state index contributed by atoms with van der Waals surface area (Å²) in [6.45, 7) is 6.60. The highest BCUT2D eigenvalue weighted by molar-refractivity contribution is 6.28. The van der Waals surface area contributed by atoms with Crippen LogP contribution in [0.5, 0.6) is 0 Å². The Bertz CT molecular complexity index is 556. The van der Waals surface area contributed by atoms with Crippen molar-refractivity contribution < 1.29 is 8.81 Å². The second-order valence-corrected chi connectivity index (χ2v) is 4.96. The lowest BCUT2D eigenvalue weighted by molar-refractivity contribution is 0.451. The normalized spacial score (nSPS) is 12.7. The van der Waals surface area contributed by atoms with Crippen LogP contribution in [0.3, 0.4) is 0 Å². The highest BCUT2D eigenvalue weighted by Crippen LogP contribution is 2.30. The second-order valence-electron chi connectivity index (χ2n) is 4.59. The monoisotopic (exact) mass is 281 g/mol. The van der Waals surface area contributed by atoms with Crippen LogP contribution >= 0.6 is 11.6 Å². The predicted octanol–water partition coefficient (Wildman–Crippen LogP) is 4.39. The van der Waals surface area contributed by atoms with E-state index in [2.05, 4.69) is 5.32 Å². The van der Waals surface area contributed by atoms with Gasteiger partial charge in [0.25, 0.3) is 0 Å². The first-order valence-corrected chi connectivity index (χ1v) is 6.66. The molecule has 0 saturated carbocycles. The molecular formula is C15H17ClFNO. The Balaban J connectivity index is 2.51. The third-order valence-corrected chi connectivity index (χ3v) is 3.34. The molecule has 0 bridgehead atoms. The molecule has 0 aliphatic carbocycles. The van der Waals surface area contributed by atoms with Gasteiger partial charge in [-0.25, -0.2) is 4.39 Å². The lowest BCUT2D eigenvalue weighted by Gasteiger charge is -2.20. The number of hydrogen-bond acceptors (Lipinski definition) is 2. The van der Waals surface area contributed by atoms with Crippen molar-refractivity contribution in [2.45, 2.75) is 26.8 Å². The van der Waals surface area contributed by atoms with Gasteiger partial charge in [-0.05, 0) is 72.9 Å². The summed E-state index contributed by atoms with van der Waals surface area (Å²) in [5, 5.41) is 3.71. The zero-order valence-electron chi connectivity index (χ0n) is 11.3. The molecule has 0 radical (unpaired) electrons. The fourth-order valence-electron chi connectivity index (χ4n) is 2.41. The van der Waals surface area contributed by atoms with Gasteiger partial charge < -0.3 is 9.73 Å². The van der Waals surface area contributed by atoms with Crippen molar-refractivity contribution in [3.8, 4) is 0 Å². The zero-order valence-corrected chi connectivity index (χ0v) is 12.0. The van der Waals surface area contributed by atoms with Crippen LogP contribution in [0.1, 0.15) is 35.4 Å². The highest BCUT2D eigenvalue weighted by atomic mass is 35.5. The third kappa shape index (κ3) is 2.99. The van der Waals surface area contributed by atoms with Gasteiger partial charge in [0.1, 0.15) is 11.6 Å². The Morgan fingerprint density at radius 2 is 1.89 bits per heavy atom. The van der Waals surface area contributed by atoms with E-state index in [0.717, 1.165) is 29.0 Å². The summed E-state index contributed by atoms with van der Waals surface area (Å²) < 4.78 is 18.9. The first-order chi connectivity index (χ1) is 9.02. The molecule has 2 aromatic rings. The molecule has 0 saturated heterocycles. The van der Waals surface area contributed by atoms with E-state index in [9.17, 15) is 4.39 Å². The van der Waals surface area contributed by atoms with Crippen molar-refractivity contribution in [3.05, 3.63) is 57.8 Å². The van der Waals surface area contributed by atoms with Gasteiger partial charge in [-0.15, -0.1) is 0 Å². The minimum atomic E-state index is -0.216. The number of aryl methyl sites for hydroxylation is 2. The molecule has 1 aromatic heterocycles. The standard InChI is InChI=1S/C15H17ClFNO/c1-4-18-15(12-5-6-13(16)19-12)14-9(2)7-11(17)8-10(14)3/h5-8,15,18H,4H2,1-3H3. The van der Waals surface area contributed by atoms with Crippen molar-refractivity contribution in [2.75, 3.05) is 6.54 Å². The van der Waals surface area contributed by atoms with Crippen LogP contribution in [0, 0.1) is 19.7 Å². The molecule has 1 aromatic carbocycles.